The molecule has 0 atom stereocenters. The fraction of sp³-hybridized carbons (Fsp3) is 0.125. The fourth-order valence-electron chi connectivity index (χ4n) is 1.41. The number of anilines is 1. The first-order valence-electron chi connectivity index (χ1n) is 4.15. The molecule has 2 aromatic rings. The highest BCUT2D eigenvalue weighted by Crippen LogP contribution is 2.24. The van der Waals surface area contributed by atoms with Crippen molar-refractivity contribution < 1.29 is 9.90 Å². The molecule has 2 aromatic heterocycles. The molecule has 0 aliphatic heterocycles. The number of fused-ring (bicyclic) bond motifs is 1. The van der Waals surface area contributed by atoms with Crippen molar-refractivity contribution in [1.29, 1.82) is 0 Å². The number of pyridine rings is 1. The van der Waals surface area contributed by atoms with Gasteiger partial charge in [0.1, 0.15) is 5.56 Å². The Morgan fingerprint density at radius 3 is 2.93 bits per heavy atom. The number of hydrazine groups is 1. The third kappa shape index (κ3) is 1.29. The fourth-order valence-corrected chi connectivity index (χ4v) is 1.41. The molecule has 0 saturated carbocycles. The maximum absolute atomic E-state index is 10.9. The summed E-state index contributed by atoms with van der Waals surface area (Å²) in [5.41, 5.74) is 3.28. The van der Waals surface area contributed by atoms with Crippen LogP contribution in [0.15, 0.2) is 12.4 Å². The molecule has 7 heteroatoms. The summed E-state index contributed by atoms with van der Waals surface area (Å²) in [4.78, 5) is 14.9. The molecule has 0 spiro atoms. The van der Waals surface area contributed by atoms with Gasteiger partial charge in [-0.1, -0.05) is 0 Å². The van der Waals surface area contributed by atoms with E-state index in [1.165, 1.54) is 12.4 Å². The van der Waals surface area contributed by atoms with Gasteiger partial charge >= 0.3 is 5.97 Å². The molecule has 7 nitrogen and oxygen atoms in total. The van der Waals surface area contributed by atoms with Gasteiger partial charge in [-0.05, 0) is 0 Å². The molecule has 15 heavy (non-hydrogen) atoms. The van der Waals surface area contributed by atoms with E-state index in [2.05, 4.69) is 15.5 Å². The number of nitrogens with one attached hydrogen (secondary N) is 1. The minimum Gasteiger partial charge on any atom is -0.478 e. The largest absolute Gasteiger partial charge is 0.478 e. The van der Waals surface area contributed by atoms with E-state index in [9.17, 15) is 4.79 Å². The maximum atomic E-state index is 10.9. The SMILES string of the molecule is Cn1ncc2c(NN)c(C(=O)O)cnc21. The Labute approximate surface area is 84.5 Å². The first kappa shape index (κ1) is 9.41. The molecule has 0 aromatic carbocycles. The number of aromatic nitrogens is 3. The average molecular weight is 207 g/mol. The lowest BCUT2D eigenvalue weighted by Gasteiger charge is -2.05. The summed E-state index contributed by atoms with van der Waals surface area (Å²) in [6.45, 7) is 0. The number of nitrogens with two attached hydrogens (primary N) is 1. The summed E-state index contributed by atoms with van der Waals surface area (Å²) in [5.74, 6) is 4.20. The molecule has 0 fully saturated rings. The number of carboxylic acids is 1. The first-order valence-corrected chi connectivity index (χ1v) is 4.15. The number of rotatable bonds is 2. The third-order valence-electron chi connectivity index (χ3n) is 2.14. The highest BCUT2D eigenvalue weighted by Gasteiger charge is 2.15. The van der Waals surface area contributed by atoms with Crippen LogP contribution in [0.5, 0.6) is 0 Å². The Morgan fingerprint density at radius 1 is 1.60 bits per heavy atom. The number of nitrogen functional groups attached to an aromatic ring is 1. The minimum atomic E-state index is -1.08. The van der Waals surface area contributed by atoms with Crippen molar-refractivity contribution in [2.24, 2.45) is 12.9 Å². The van der Waals surface area contributed by atoms with Gasteiger partial charge in [0.15, 0.2) is 5.65 Å². The van der Waals surface area contributed by atoms with E-state index in [4.69, 9.17) is 10.9 Å². The van der Waals surface area contributed by atoms with Crippen LogP contribution in [0.25, 0.3) is 11.0 Å². The first-order chi connectivity index (χ1) is 7.15. The van der Waals surface area contributed by atoms with E-state index < -0.39 is 5.97 Å². The Kier molecular flexibility index (Phi) is 2.01. The van der Waals surface area contributed by atoms with Crippen LogP contribution in [0.3, 0.4) is 0 Å². The smallest absolute Gasteiger partial charge is 0.339 e. The summed E-state index contributed by atoms with van der Waals surface area (Å²) in [7, 11) is 1.72. The van der Waals surface area contributed by atoms with Crippen molar-refractivity contribution >= 4 is 22.7 Å². The van der Waals surface area contributed by atoms with Crippen LogP contribution in [0.4, 0.5) is 5.69 Å². The summed E-state index contributed by atoms with van der Waals surface area (Å²) >= 11 is 0. The Hall–Kier alpha value is -2.15. The molecular formula is C8H9N5O2. The normalized spacial score (nSPS) is 10.5. The predicted octanol–water partition coefficient (Wildman–Crippen LogP) is -0.0479. The lowest BCUT2D eigenvalue weighted by molar-refractivity contribution is 0.0697. The molecule has 2 rings (SSSR count). The lowest BCUT2D eigenvalue weighted by atomic mass is 10.2. The number of carbonyl (C=O) groups is 1. The molecule has 0 saturated heterocycles. The van der Waals surface area contributed by atoms with E-state index in [-0.39, 0.29) is 5.56 Å². The van der Waals surface area contributed by atoms with Gasteiger partial charge in [-0.2, -0.15) is 5.10 Å². The molecule has 0 radical (unpaired) electrons. The van der Waals surface area contributed by atoms with Crippen LogP contribution >= 0.6 is 0 Å². The van der Waals surface area contributed by atoms with Crippen LogP contribution < -0.4 is 11.3 Å². The average Bonchev–Trinajstić information content (AvgIpc) is 2.59. The van der Waals surface area contributed by atoms with Crippen molar-refractivity contribution in [3.63, 3.8) is 0 Å². The number of nitrogens with zero attached hydrogens (tertiary/aromatic N) is 3. The van der Waals surface area contributed by atoms with Crippen molar-refractivity contribution in [2.75, 3.05) is 5.43 Å². The van der Waals surface area contributed by atoms with Gasteiger partial charge in [0.2, 0.25) is 0 Å². The maximum Gasteiger partial charge on any atom is 0.339 e. The van der Waals surface area contributed by atoms with E-state index in [0.717, 1.165) is 0 Å². The van der Waals surface area contributed by atoms with Crippen LogP contribution in [0, 0.1) is 0 Å². The lowest BCUT2D eigenvalue weighted by Crippen LogP contribution is -2.12. The van der Waals surface area contributed by atoms with E-state index in [1.807, 2.05) is 0 Å². The van der Waals surface area contributed by atoms with Gasteiger partial charge < -0.3 is 10.5 Å². The summed E-state index contributed by atoms with van der Waals surface area (Å²) in [6, 6.07) is 0. The Bertz CT molecular complexity index is 533. The van der Waals surface area contributed by atoms with Gasteiger partial charge in [-0.3, -0.25) is 10.5 Å². The van der Waals surface area contributed by atoms with Gasteiger partial charge in [-0.15, -0.1) is 0 Å². The van der Waals surface area contributed by atoms with Gasteiger partial charge in [0, 0.05) is 13.2 Å². The summed E-state index contributed by atoms with van der Waals surface area (Å²) in [5, 5.41) is 13.5. The van der Waals surface area contributed by atoms with Gasteiger partial charge in [0.25, 0.3) is 0 Å². The van der Waals surface area contributed by atoms with E-state index >= 15 is 0 Å². The molecule has 2 heterocycles. The molecule has 0 bridgehead atoms. The second-order valence-electron chi connectivity index (χ2n) is 3.00. The van der Waals surface area contributed by atoms with Crippen LogP contribution in [-0.2, 0) is 7.05 Å². The van der Waals surface area contributed by atoms with Gasteiger partial charge in [0.05, 0.1) is 17.3 Å². The topological polar surface area (TPSA) is 106 Å². The van der Waals surface area contributed by atoms with Gasteiger partial charge in [-0.25, -0.2) is 9.78 Å². The van der Waals surface area contributed by atoms with E-state index in [1.54, 1.807) is 11.7 Å². The molecule has 0 aliphatic carbocycles. The standard InChI is InChI=1S/C8H9N5O2/c1-13-7-4(3-11-13)6(12-9)5(2-10-7)8(14)15/h2-3H,9H2,1H3,(H,10,12)(H,14,15). The van der Waals surface area contributed by atoms with Crippen molar-refractivity contribution in [1.82, 2.24) is 14.8 Å². The number of aromatic carboxylic acids is 1. The van der Waals surface area contributed by atoms with Crippen LogP contribution in [0.2, 0.25) is 0 Å². The number of aryl methyl sites for hydroxylation is 1. The molecule has 0 amide bonds. The predicted molar refractivity (Wildman–Crippen MR) is 53.3 cm³/mol. The molecule has 4 N–H and O–H groups in total. The highest BCUT2D eigenvalue weighted by molar-refractivity contribution is 6.03. The Morgan fingerprint density at radius 2 is 2.33 bits per heavy atom. The molecular weight excluding hydrogens is 198 g/mol. The number of hydrogen-bond donors (Lipinski definition) is 3. The van der Waals surface area contributed by atoms with Crippen molar-refractivity contribution in [2.45, 2.75) is 0 Å². The van der Waals surface area contributed by atoms with Crippen LogP contribution in [0.1, 0.15) is 10.4 Å². The quantitative estimate of drug-likeness (QED) is 0.471. The second kappa shape index (κ2) is 3.21. The molecule has 78 valence electrons. The second-order valence-corrected chi connectivity index (χ2v) is 3.00. The zero-order chi connectivity index (χ0) is 11.0. The minimum absolute atomic E-state index is 0.0259. The molecule has 0 unspecified atom stereocenters. The number of hydrogen-bond acceptors (Lipinski definition) is 5. The van der Waals surface area contributed by atoms with Crippen molar-refractivity contribution in [3.05, 3.63) is 18.0 Å². The molecule has 0 aliphatic rings. The number of carboxylic acid groups (broad SMARTS) is 1. The zero-order valence-electron chi connectivity index (χ0n) is 7.93. The summed E-state index contributed by atoms with van der Waals surface area (Å²) < 4.78 is 1.54. The Balaban J connectivity index is 2.82. The zero-order valence-corrected chi connectivity index (χ0v) is 7.93. The van der Waals surface area contributed by atoms with E-state index in [0.29, 0.717) is 16.7 Å². The van der Waals surface area contributed by atoms with Crippen LogP contribution in [-0.4, -0.2) is 25.8 Å². The highest BCUT2D eigenvalue weighted by atomic mass is 16.4. The third-order valence-corrected chi connectivity index (χ3v) is 2.14. The summed E-state index contributed by atoms with van der Waals surface area (Å²) in [6.07, 6.45) is 2.77. The monoisotopic (exact) mass is 207 g/mol. The van der Waals surface area contributed by atoms with Crippen molar-refractivity contribution in [3.8, 4) is 0 Å².